The Labute approximate surface area is 243 Å². The minimum Gasteiger partial charge on any atom is -0.321 e. The first-order valence-corrected chi connectivity index (χ1v) is 14.0. The lowest BCUT2D eigenvalue weighted by atomic mass is 9.93. The fraction of sp³-hybridized carbons (Fsp3) is 0.152. The van der Waals surface area contributed by atoms with Crippen LogP contribution in [0.5, 0.6) is 0 Å². The van der Waals surface area contributed by atoms with Crippen molar-refractivity contribution >= 4 is 11.6 Å². The van der Waals surface area contributed by atoms with Crippen LogP contribution >= 0.6 is 0 Å². The number of nitrogens with zero attached hydrogens (tertiary/aromatic N) is 6. The number of rotatable bonds is 10. The molecular formula is C33H30N8O. The number of H-pyrrole nitrogens is 1. The second kappa shape index (κ2) is 12.4. The lowest BCUT2D eigenvalue weighted by Gasteiger charge is -2.14. The molecule has 0 saturated carbocycles. The molecule has 0 aliphatic heterocycles. The van der Waals surface area contributed by atoms with E-state index in [0.717, 1.165) is 58.5 Å². The number of imidazole rings is 1. The van der Waals surface area contributed by atoms with Gasteiger partial charge < -0.3 is 9.88 Å². The van der Waals surface area contributed by atoms with Gasteiger partial charge in [0.1, 0.15) is 11.5 Å². The smallest absolute Gasteiger partial charge is 0.273 e. The maximum atomic E-state index is 13.2. The third-order valence-electron chi connectivity index (χ3n) is 7.18. The van der Waals surface area contributed by atoms with Crippen molar-refractivity contribution in [1.82, 2.24) is 35.2 Å². The zero-order chi connectivity index (χ0) is 28.7. The molecule has 6 rings (SSSR count). The van der Waals surface area contributed by atoms with E-state index in [4.69, 9.17) is 0 Å². The molecule has 208 valence electrons. The van der Waals surface area contributed by atoms with Gasteiger partial charge in [-0.15, -0.1) is 10.2 Å². The van der Waals surface area contributed by atoms with Gasteiger partial charge in [0.2, 0.25) is 5.82 Å². The number of nitrogens with one attached hydrogen (secondary N) is 2. The molecule has 1 amide bonds. The van der Waals surface area contributed by atoms with Gasteiger partial charge in [-0.25, -0.2) is 4.98 Å². The largest absolute Gasteiger partial charge is 0.321 e. The highest BCUT2D eigenvalue weighted by molar-refractivity contribution is 6.03. The van der Waals surface area contributed by atoms with Crippen LogP contribution in [-0.2, 0) is 13.0 Å². The van der Waals surface area contributed by atoms with Crippen LogP contribution in [0.4, 0.5) is 5.69 Å². The second-order valence-electron chi connectivity index (χ2n) is 10.00. The van der Waals surface area contributed by atoms with Crippen LogP contribution in [0.3, 0.4) is 0 Å². The third-order valence-corrected chi connectivity index (χ3v) is 7.18. The topological polar surface area (TPSA) is 114 Å². The summed E-state index contributed by atoms with van der Waals surface area (Å²) >= 11 is 0. The number of aromatic amines is 1. The monoisotopic (exact) mass is 554 g/mol. The highest BCUT2D eigenvalue weighted by Gasteiger charge is 2.18. The number of unbranched alkanes of at least 4 members (excludes halogenated alkanes) is 1. The van der Waals surface area contributed by atoms with Crippen LogP contribution in [-0.4, -0.2) is 41.1 Å². The standard InChI is InChI=1S/C33H30N8O/c1-2-3-9-31-35-21-30(33(42)36-27-16-18-34-19-17-27)41(31)22-23-10-12-25(13-11-23)29-20-26(24-7-5-4-6-8-24)14-15-28(29)32-37-39-40-38-32/h4-8,10-21H,2-3,9,22H2,1H3,(H,34,36,42)(H,37,38,39,40). The molecule has 0 fully saturated rings. The zero-order valence-electron chi connectivity index (χ0n) is 23.2. The molecule has 3 aromatic heterocycles. The van der Waals surface area contributed by atoms with E-state index >= 15 is 0 Å². The van der Waals surface area contributed by atoms with Crippen molar-refractivity contribution < 1.29 is 4.79 Å². The summed E-state index contributed by atoms with van der Waals surface area (Å²) in [6, 6.07) is 28.5. The molecular weight excluding hydrogens is 524 g/mol. The number of benzene rings is 3. The second-order valence-corrected chi connectivity index (χ2v) is 10.00. The first-order valence-electron chi connectivity index (χ1n) is 14.0. The SMILES string of the molecule is CCCCc1ncc(C(=O)Nc2ccncc2)n1Cc1ccc(-c2cc(-c3ccccc3)ccc2-c2nn[nH]n2)cc1. The maximum Gasteiger partial charge on any atom is 0.273 e. The molecule has 3 heterocycles. The van der Waals surface area contributed by atoms with E-state index in [2.05, 4.69) is 91.4 Å². The average molecular weight is 555 g/mol. The first kappa shape index (κ1) is 26.8. The van der Waals surface area contributed by atoms with Gasteiger partial charge in [-0.3, -0.25) is 9.78 Å². The summed E-state index contributed by atoms with van der Waals surface area (Å²) in [5.41, 5.74) is 7.44. The normalized spacial score (nSPS) is 11.0. The van der Waals surface area contributed by atoms with Crippen molar-refractivity contribution in [3.05, 3.63) is 121 Å². The summed E-state index contributed by atoms with van der Waals surface area (Å²) in [4.78, 5) is 21.9. The molecule has 0 saturated heterocycles. The van der Waals surface area contributed by atoms with E-state index in [1.807, 2.05) is 28.8 Å². The van der Waals surface area contributed by atoms with Crippen molar-refractivity contribution in [2.24, 2.45) is 0 Å². The van der Waals surface area contributed by atoms with Crippen molar-refractivity contribution in [3.8, 4) is 33.6 Å². The number of carbonyl (C=O) groups excluding carboxylic acids is 1. The van der Waals surface area contributed by atoms with E-state index in [0.29, 0.717) is 23.8 Å². The van der Waals surface area contributed by atoms with Crippen LogP contribution in [0.2, 0.25) is 0 Å². The van der Waals surface area contributed by atoms with Crippen LogP contribution < -0.4 is 5.32 Å². The van der Waals surface area contributed by atoms with E-state index in [-0.39, 0.29) is 5.91 Å². The molecule has 0 atom stereocenters. The van der Waals surface area contributed by atoms with Gasteiger partial charge in [0.05, 0.1) is 6.20 Å². The minimum atomic E-state index is -0.199. The van der Waals surface area contributed by atoms with Crippen molar-refractivity contribution in [3.63, 3.8) is 0 Å². The van der Waals surface area contributed by atoms with Crippen molar-refractivity contribution in [2.45, 2.75) is 32.7 Å². The van der Waals surface area contributed by atoms with Gasteiger partial charge in [0, 0.05) is 36.6 Å². The number of carbonyl (C=O) groups is 1. The molecule has 0 spiro atoms. The van der Waals surface area contributed by atoms with Gasteiger partial charge in [0.25, 0.3) is 5.91 Å². The highest BCUT2D eigenvalue weighted by Crippen LogP contribution is 2.34. The van der Waals surface area contributed by atoms with Crippen LogP contribution in [0, 0.1) is 0 Å². The Morgan fingerprint density at radius 3 is 2.40 bits per heavy atom. The molecule has 9 heteroatoms. The molecule has 2 N–H and O–H groups in total. The molecule has 0 radical (unpaired) electrons. The lowest BCUT2D eigenvalue weighted by molar-refractivity contribution is 0.101. The number of anilines is 1. The highest BCUT2D eigenvalue weighted by atomic mass is 16.2. The van der Waals surface area contributed by atoms with Crippen molar-refractivity contribution in [1.29, 1.82) is 0 Å². The quantitative estimate of drug-likeness (QED) is 0.202. The number of aromatic nitrogens is 7. The molecule has 3 aromatic carbocycles. The predicted octanol–water partition coefficient (Wildman–Crippen LogP) is 6.44. The number of pyridine rings is 1. The van der Waals surface area contributed by atoms with Gasteiger partial charge in [0.15, 0.2) is 0 Å². The van der Waals surface area contributed by atoms with Crippen molar-refractivity contribution in [2.75, 3.05) is 5.32 Å². The van der Waals surface area contributed by atoms with Crippen LogP contribution in [0.15, 0.2) is 104 Å². The zero-order valence-corrected chi connectivity index (χ0v) is 23.2. The maximum absolute atomic E-state index is 13.2. The molecule has 0 unspecified atom stereocenters. The first-order chi connectivity index (χ1) is 20.7. The van der Waals surface area contributed by atoms with E-state index in [9.17, 15) is 4.79 Å². The van der Waals surface area contributed by atoms with E-state index < -0.39 is 0 Å². The fourth-order valence-corrected chi connectivity index (χ4v) is 4.97. The summed E-state index contributed by atoms with van der Waals surface area (Å²) in [7, 11) is 0. The Bertz CT molecular complexity index is 1760. The molecule has 0 aliphatic rings. The Kier molecular flexibility index (Phi) is 7.89. The predicted molar refractivity (Wildman–Crippen MR) is 163 cm³/mol. The minimum absolute atomic E-state index is 0.199. The van der Waals surface area contributed by atoms with Gasteiger partial charge in [-0.05, 0) is 63.7 Å². The number of aryl methyl sites for hydroxylation is 1. The number of tetrazole rings is 1. The molecule has 9 nitrogen and oxygen atoms in total. The Hall–Kier alpha value is -5.44. The number of hydrogen-bond acceptors (Lipinski definition) is 6. The summed E-state index contributed by atoms with van der Waals surface area (Å²) in [6.07, 6.45) is 7.82. The summed E-state index contributed by atoms with van der Waals surface area (Å²) in [5.74, 6) is 1.24. The Balaban J connectivity index is 1.32. The van der Waals surface area contributed by atoms with E-state index in [1.54, 1.807) is 30.7 Å². The molecule has 0 aliphatic carbocycles. The molecule has 0 bridgehead atoms. The van der Waals surface area contributed by atoms with Crippen LogP contribution in [0.1, 0.15) is 41.6 Å². The Morgan fingerprint density at radius 2 is 1.67 bits per heavy atom. The summed E-state index contributed by atoms with van der Waals surface area (Å²) < 4.78 is 2.02. The van der Waals surface area contributed by atoms with Gasteiger partial charge >= 0.3 is 0 Å². The fourth-order valence-electron chi connectivity index (χ4n) is 4.97. The Morgan fingerprint density at radius 1 is 0.881 bits per heavy atom. The van der Waals surface area contributed by atoms with Gasteiger partial charge in [-0.2, -0.15) is 5.21 Å². The summed E-state index contributed by atoms with van der Waals surface area (Å²) in [6.45, 7) is 2.68. The average Bonchev–Trinajstić information content (AvgIpc) is 3.72. The molecule has 6 aromatic rings. The summed E-state index contributed by atoms with van der Waals surface area (Å²) in [5, 5.41) is 17.8. The van der Waals surface area contributed by atoms with Gasteiger partial charge in [-0.1, -0.05) is 74.0 Å². The number of hydrogen-bond donors (Lipinski definition) is 2. The lowest BCUT2D eigenvalue weighted by Crippen LogP contribution is -2.19. The third kappa shape index (κ3) is 5.85. The van der Waals surface area contributed by atoms with E-state index in [1.165, 1.54) is 0 Å². The van der Waals surface area contributed by atoms with Crippen LogP contribution in [0.25, 0.3) is 33.6 Å². The molecule has 42 heavy (non-hydrogen) atoms. The number of amides is 1.